The lowest BCUT2D eigenvalue weighted by molar-refractivity contribution is -0.138. The van der Waals surface area contributed by atoms with Crippen LogP contribution in [-0.4, -0.2) is 37.5 Å². The fourth-order valence-corrected chi connectivity index (χ4v) is 4.27. The van der Waals surface area contributed by atoms with Gasteiger partial charge in [0.1, 0.15) is 17.2 Å². The maximum Gasteiger partial charge on any atom is 0.423 e. The third-order valence-electron chi connectivity index (χ3n) is 6.24. The van der Waals surface area contributed by atoms with Crippen molar-refractivity contribution in [1.82, 2.24) is 19.7 Å². The fraction of sp³-hybridized carbons (Fsp3) is 0.280. The summed E-state index contributed by atoms with van der Waals surface area (Å²) in [4.78, 5) is 28.3. The zero-order valence-electron chi connectivity index (χ0n) is 20.8. The summed E-state index contributed by atoms with van der Waals surface area (Å²) in [7, 11) is 0. The Morgan fingerprint density at radius 1 is 1.07 bits per heavy atom. The summed E-state index contributed by atoms with van der Waals surface area (Å²) in [6.07, 6.45) is -7.26. The number of aliphatic hydroxyl groups excluding tert-OH is 1. The molecule has 0 spiro atoms. The molecule has 0 radical (unpaired) electrons. The van der Waals surface area contributed by atoms with Gasteiger partial charge in [-0.1, -0.05) is 0 Å². The quantitative estimate of drug-likeness (QED) is 0.228. The second kappa shape index (κ2) is 11.2. The molecule has 218 valence electrons. The van der Waals surface area contributed by atoms with Gasteiger partial charge in [0.15, 0.2) is 0 Å². The summed E-state index contributed by atoms with van der Waals surface area (Å²) in [6, 6.07) is 4.40. The number of nitrogens with zero attached hydrogens (tertiary/aromatic N) is 3. The molecule has 0 amide bonds. The van der Waals surface area contributed by atoms with Crippen LogP contribution in [0.3, 0.4) is 0 Å². The highest BCUT2D eigenvalue weighted by molar-refractivity contribution is 5.86. The lowest BCUT2D eigenvalue weighted by Crippen LogP contribution is -2.30. The highest BCUT2D eigenvalue weighted by Gasteiger charge is 2.38. The zero-order valence-corrected chi connectivity index (χ0v) is 20.8. The fourth-order valence-electron chi connectivity index (χ4n) is 4.27. The minimum Gasteiger partial charge on any atom is -0.394 e. The van der Waals surface area contributed by atoms with Gasteiger partial charge in [0, 0.05) is 24.3 Å². The van der Waals surface area contributed by atoms with Gasteiger partial charge in [-0.05, 0) is 48.6 Å². The van der Waals surface area contributed by atoms with E-state index in [2.05, 4.69) is 15.4 Å². The SMILES string of the molecule is Nc1nc(-c2cc3ccn(CCCC(CO)Nc4cn[nH]c(=O)c4C(F)(F)F)c(=O)c3cc2F)ccc1C(F)(F)F. The zero-order chi connectivity index (χ0) is 30.1. The van der Waals surface area contributed by atoms with Crippen molar-refractivity contribution in [3.63, 3.8) is 0 Å². The number of aliphatic hydroxyl groups is 1. The van der Waals surface area contributed by atoms with E-state index in [9.17, 15) is 45.4 Å². The average molecular weight is 586 g/mol. The number of pyridine rings is 2. The average Bonchev–Trinajstić information content (AvgIpc) is 2.88. The van der Waals surface area contributed by atoms with Gasteiger partial charge in [0.05, 0.1) is 35.1 Å². The maximum absolute atomic E-state index is 14.9. The first-order valence-corrected chi connectivity index (χ1v) is 11.9. The molecule has 0 aliphatic carbocycles. The van der Waals surface area contributed by atoms with E-state index in [1.165, 1.54) is 22.9 Å². The number of hydrogen-bond acceptors (Lipinski definition) is 7. The van der Waals surface area contributed by atoms with E-state index in [1.807, 2.05) is 0 Å². The number of nitrogens with one attached hydrogen (secondary N) is 2. The summed E-state index contributed by atoms with van der Waals surface area (Å²) >= 11 is 0. The standard InChI is InChI=1S/C25H21F7N6O3/c26-17-9-14-12(8-15(17)18-4-3-16(21(33)36-18)24(27,28)29)5-7-38(23(14)41)6-1-2-13(11-39)35-19-10-34-37-22(40)20(19)25(30,31)32/h3-5,7-10,13,39H,1-2,6,11H2,(H2,33,36)(H2,35,37,40). The number of H-pyrrole nitrogens is 1. The minimum atomic E-state index is -4.97. The second-order valence-corrected chi connectivity index (χ2v) is 9.01. The highest BCUT2D eigenvalue weighted by Crippen LogP contribution is 2.35. The number of anilines is 2. The summed E-state index contributed by atoms with van der Waals surface area (Å²) in [5.41, 5.74) is -0.239. The Morgan fingerprint density at radius 2 is 1.80 bits per heavy atom. The van der Waals surface area contributed by atoms with E-state index < -0.39 is 64.6 Å². The van der Waals surface area contributed by atoms with Crippen LogP contribution >= 0.6 is 0 Å². The van der Waals surface area contributed by atoms with Crippen LogP contribution in [0.15, 0.2) is 52.3 Å². The molecule has 3 aromatic heterocycles. The molecular formula is C25H21F7N6O3. The van der Waals surface area contributed by atoms with Crippen LogP contribution in [0, 0.1) is 5.82 Å². The summed E-state index contributed by atoms with van der Waals surface area (Å²) in [6.45, 7) is -0.541. The van der Waals surface area contributed by atoms with Gasteiger partial charge >= 0.3 is 12.4 Å². The molecule has 0 aliphatic heterocycles. The van der Waals surface area contributed by atoms with Crippen molar-refractivity contribution in [2.45, 2.75) is 37.8 Å². The topological polar surface area (TPSA) is 139 Å². The molecule has 4 rings (SSSR count). The number of nitrogen functional groups attached to an aromatic ring is 1. The van der Waals surface area contributed by atoms with Crippen molar-refractivity contribution in [3.8, 4) is 11.3 Å². The smallest absolute Gasteiger partial charge is 0.394 e. The number of rotatable bonds is 8. The van der Waals surface area contributed by atoms with Gasteiger partial charge in [-0.25, -0.2) is 14.5 Å². The molecule has 4 aromatic rings. The lowest BCUT2D eigenvalue weighted by Gasteiger charge is -2.20. The molecule has 0 saturated heterocycles. The van der Waals surface area contributed by atoms with Crippen molar-refractivity contribution < 1.29 is 35.8 Å². The van der Waals surface area contributed by atoms with Crippen molar-refractivity contribution in [1.29, 1.82) is 0 Å². The number of benzene rings is 1. The second-order valence-electron chi connectivity index (χ2n) is 9.01. The van der Waals surface area contributed by atoms with Gasteiger partial charge < -0.3 is 20.7 Å². The summed E-state index contributed by atoms with van der Waals surface area (Å²) in [5.74, 6) is -1.75. The number of nitrogens with two attached hydrogens (primary N) is 1. The van der Waals surface area contributed by atoms with Crippen molar-refractivity contribution >= 4 is 22.3 Å². The Bertz CT molecular complexity index is 1700. The van der Waals surface area contributed by atoms with Crippen LogP contribution in [0.5, 0.6) is 0 Å². The predicted octanol–water partition coefficient (Wildman–Crippen LogP) is 4.16. The largest absolute Gasteiger partial charge is 0.423 e. The Labute approximate surface area is 225 Å². The van der Waals surface area contributed by atoms with Gasteiger partial charge in [-0.15, -0.1) is 0 Å². The molecule has 3 heterocycles. The third-order valence-corrected chi connectivity index (χ3v) is 6.24. The first-order valence-electron chi connectivity index (χ1n) is 11.9. The van der Waals surface area contributed by atoms with Crippen LogP contribution in [0.4, 0.5) is 42.2 Å². The van der Waals surface area contributed by atoms with E-state index in [-0.39, 0.29) is 41.4 Å². The van der Waals surface area contributed by atoms with Crippen molar-refractivity contribution in [2.75, 3.05) is 17.7 Å². The van der Waals surface area contributed by atoms with Gasteiger partial charge in [0.25, 0.3) is 11.1 Å². The molecule has 0 fully saturated rings. The highest BCUT2D eigenvalue weighted by atomic mass is 19.4. The van der Waals surface area contributed by atoms with E-state index in [0.29, 0.717) is 6.07 Å². The van der Waals surface area contributed by atoms with Crippen LogP contribution in [-0.2, 0) is 18.9 Å². The normalized spacial score (nSPS) is 13.0. The molecule has 0 bridgehead atoms. The number of aromatic nitrogens is 4. The Hall–Kier alpha value is -4.47. The summed E-state index contributed by atoms with van der Waals surface area (Å²) < 4.78 is 94.9. The Balaban J connectivity index is 1.52. The van der Waals surface area contributed by atoms with Gasteiger partial charge in [0.2, 0.25) is 0 Å². The predicted molar refractivity (Wildman–Crippen MR) is 134 cm³/mol. The number of halogens is 7. The molecule has 0 saturated carbocycles. The van der Waals surface area contributed by atoms with E-state index in [4.69, 9.17) is 5.73 Å². The number of alkyl halides is 6. The molecule has 41 heavy (non-hydrogen) atoms. The Morgan fingerprint density at radius 3 is 2.44 bits per heavy atom. The van der Waals surface area contributed by atoms with Crippen LogP contribution in [0.2, 0.25) is 0 Å². The first kappa shape index (κ1) is 29.5. The number of aromatic amines is 1. The number of fused-ring (bicyclic) bond motifs is 1. The van der Waals surface area contributed by atoms with E-state index >= 15 is 0 Å². The monoisotopic (exact) mass is 586 g/mol. The van der Waals surface area contributed by atoms with Crippen molar-refractivity contribution in [3.05, 3.63) is 80.4 Å². The van der Waals surface area contributed by atoms with E-state index in [0.717, 1.165) is 18.3 Å². The molecular weight excluding hydrogens is 565 g/mol. The minimum absolute atomic E-state index is 0.0325. The van der Waals surface area contributed by atoms with Crippen LogP contribution in [0.25, 0.3) is 22.0 Å². The third kappa shape index (κ3) is 6.32. The Kier molecular flexibility index (Phi) is 8.05. The maximum atomic E-state index is 14.9. The molecule has 1 unspecified atom stereocenters. The summed E-state index contributed by atoms with van der Waals surface area (Å²) in [5, 5.41) is 17.4. The lowest BCUT2D eigenvalue weighted by atomic mass is 10.0. The van der Waals surface area contributed by atoms with Crippen LogP contribution in [0.1, 0.15) is 24.0 Å². The van der Waals surface area contributed by atoms with E-state index in [1.54, 1.807) is 5.10 Å². The van der Waals surface area contributed by atoms with Crippen LogP contribution < -0.4 is 22.2 Å². The molecule has 16 heteroatoms. The molecule has 1 atom stereocenters. The van der Waals surface area contributed by atoms with Crippen molar-refractivity contribution in [2.24, 2.45) is 0 Å². The first-order chi connectivity index (χ1) is 19.2. The number of hydrogen-bond donors (Lipinski definition) is 4. The van der Waals surface area contributed by atoms with Gasteiger partial charge in [-0.3, -0.25) is 9.59 Å². The number of aryl methyl sites for hydroxylation is 1. The molecule has 0 aliphatic rings. The van der Waals surface area contributed by atoms with Gasteiger partial charge in [-0.2, -0.15) is 31.4 Å². The molecule has 1 aromatic carbocycles. The molecule has 5 N–H and O–H groups in total. The molecule has 9 nitrogen and oxygen atoms in total.